The summed E-state index contributed by atoms with van der Waals surface area (Å²) in [4.78, 5) is 0. The van der Waals surface area contributed by atoms with E-state index >= 15 is 0 Å². The van der Waals surface area contributed by atoms with Gasteiger partial charge in [0, 0.05) is 0 Å². The molecule has 144 valence electrons. The van der Waals surface area contributed by atoms with E-state index in [4.69, 9.17) is 14.0 Å². The zero-order valence-electron chi connectivity index (χ0n) is 13.9. The summed E-state index contributed by atoms with van der Waals surface area (Å²) in [7, 11) is -4.91. The minimum Gasteiger partial charge on any atom is -0.394 e. The number of hydrogen-bond acceptors (Lipinski definition) is 8. The van der Waals surface area contributed by atoms with Crippen molar-refractivity contribution < 1.29 is 41.9 Å². The topological polar surface area (TPSA) is 143 Å². The molecule has 1 aliphatic heterocycles. The molecule has 1 fully saturated rings. The minimum atomic E-state index is -4.91. The molecule has 1 rings (SSSR count). The summed E-state index contributed by atoms with van der Waals surface area (Å²) in [6.07, 6.45) is -3.70. The number of ether oxygens (including phenoxy) is 2. The molecule has 0 amide bonds. The van der Waals surface area contributed by atoms with Crippen LogP contribution in [0.3, 0.4) is 0 Å². The Labute approximate surface area is 142 Å². The average Bonchev–Trinajstić information content (AvgIpc) is 2.50. The largest absolute Gasteiger partial charge is 0.397 e. The Hall–Kier alpha value is -0.330. The maximum atomic E-state index is 10.9. The molecule has 9 nitrogen and oxygen atoms in total. The monoisotopic (exact) mass is 372 g/mol. The summed E-state index contributed by atoms with van der Waals surface area (Å²) in [5.41, 5.74) is 0. The van der Waals surface area contributed by atoms with Gasteiger partial charge in [-0.05, 0) is 18.8 Å². The van der Waals surface area contributed by atoms with Crippen LogP contribution in [0.4, 0.5) is 0 Å². The third-order valence-electron chi connectivity index (χ3n) is 3.94. The molecule has 0 aromatic heterocycles. The molecule has 1 aliphatic rings. The summed E-state index contributed by atoms with van der Waals surface area (Å²) in [5, 5.41) is 29.3. The summed E-state index contributed by atoms with van der Waals surface area (Å²) in [6, 6.07) is 0. The van der Waals surface area contributed by atoms with E-state index in [0.717, 1.165) is 25.7 Å². The molecule has 0 aromatic rings. The van der Waals surface area contributed by atoms with Crippen LogP contribution in [0.15, 0.2) is 0 Å². The van der Waals surface area contributed by atoms with Crippen molar-refractivity contribution in [3.8, 4) is 0 Å². The Kier molecular flexibility index (Phi) is 9.02. The van der Waals surface area contributed by atoms with Gasteiger partial charge in [-0.1, -0.05) is 26.7 Å². The first-order valence-electron chi connectivity index (χ1n) is 8.13. The van der Waals surface area contributed by atoms with Crippen molar-refractivity contribution in [2.45, 2.75) is 70.2 Å². The Morgan fingerprint density at radius 2 is 1.71 bits per heavy atom. The quantitative estimate of drug-likeness (QED) is 0.385. The third kappa shape index (κ3) is 6.52. The van der Waals surface area contributed by atoms with E-state index in [-0.39, 0.29) is 12.5 Å². The van der Waals surface area contributed by atoms with Crippen LogP contribution in [0.5, 0.6) is 0 Å². The molecule has 0 unspecified atom stereocenters. The molecule has 0 radical (unpaired) electrons. The Morgan fingerprint density at radius 1 is 1.12 bits per heavy atom. The van der Waals surface area contributed by atoms with Gasteiger partial charge in [-0.3, -0.25) is 4.55 Å². The normalized spacial score (nSPS) is 31.5. The smallest absolute Gasteiger partial charge is 0.394 e. The lowest BCUT2D eigenvalue weighted by molar-refractivity contribution is -0.299. The molecule has 4 N–H and O–H groups in total. The molecule has 0 aliphatic carbocycles. The molecular weight excluding hydrogens is 344 g/mol. The maximum Gasteiger partial charge on any atom is 0.397 e. The van der Waals surface area contributed by atoms with Gasteiger partial charge in [0.05, 0.1) is 13.2 Å². The van der Waals surface area contributed by atoms with E-state index in [0.29, 0.717) is 0 Å². The number of aliphatic hydroxyl groups is 3. The number of aliphatic hydroxyl groups excluding tert-OH is 3. The molecule has 24 heavy (non-hydrogen) atoms. The molecule has 1 heterocycles. The van der Waals surface area contributed by atoms with Crippen molar-refractivity contribution in [2.24, 2.45) is 5.92 Å². The first kappa shape index (κ1) is 21.7. The standard InChI is InChI=1S/C14H28O9S/c1-3-5-9(6-4-2)8-21-14-12(17)13(23-24(18,19)20)11(16)10(7-15)22-14/h9-17H,3-8H2,1-2H3,(H,18,19,20)/t10-,11+,12-,13+,14-/m1/s1. The summed E-state index contributed by atoms with van der Waals surface area (Å²) in [6.45, 7) is 3.73. The second-order valence-corrected chi connectivity index (χ2v) is 7.02. The Balaban J connectivity index is 2.78. The predicted octanol–water partition coefficient (Wildman–Crippen LogP) is -0.154. The van der Waals surface area contributed by atoms with Gasteiger partial charge in [-0.15, -0.1) is 0 Å². The lowest BCUT2D eigenvalue weighted by atomic mass is 9.98. The van der Waals surface area contributed by atoms with Crippen molar-refractivity contribution in [1.29, 1.82) is 0 Å². The summed E-state index contributed by atoms with van der Waals surface area (Å²) >= 11 is 0. The van der Waals surface area contributed by atoms with E-state index in [9.17, 15) is 23.7 Å². The highest BCUT2D eigenvalue weighted by atomic mass is 32.3. The van der Waals surface area contributed by atoms with Gasteiger partial charge in [-0.2, -0.15) is 8.42 Å². The summed E-state index contributed by atoms with van der Waals surface area (Å²) in [5.74, 6) is 0.246. The van der Waals surface area contributed by atoms with Crippen LogP contribution >= 0.6 is 0 Å². The lowest BCUT2D eigenvalue weighted by Crippen LogP contribution is -2.60. The van der Waals surface area contributed by atoms with Gasteiger partial charge >= 0.3 is 10.4 Å². The Bertz CT molecular complexity index is 449. The van der Waals surface area contributed by atoms with Gasteiger partial charge in [-0.25, -0.2) is 4.18 Å². The second-order valence-electron chi connectivity index (χ2n) is 5.97. The molecule has 0 aromatic carbocycles. The van der Waals surface area contributed by atoms with Gasteiger partial charge in [0.1, 0.15) is 24.4 Å². The molecular formula is C14H28O9S. The zero-order chi connectivity index (χ0) is 18.3. The van der Waals surface area contributed by atoms with Gasteiger partial charge in [0.2, 0.25) is 0 Å². The van der Waals surface area contributed by atoms with Crippen LogP contribution < -0.4 is 0 Å². The van der Waals surface area contributed by atoms with Crippen LogP contribution in [0.25, 0.3) is 0 Å². The SMILES string of the molecule is CCCC(CCC)CO[C@@H]1O[C@H](CO)[C@H](O)[C@H](OS(=O)(=O)O)[C@H]1O. The molecule has 10 heteroatoms. The molecule has 0 bridgehead atoms. The fourth-order valence-electron chi connectivity index (χ4n) is 2.80. The average molecular weight is 372 g/mol. The van der Waals surface area contributed by atoms with Gasteiger partial charge < -0.3 is 24.8 Å². The van der Waals surface area contributed by atoms with E-state index < -0.39 is 47.7 Å². The first-order chi connectivity index (χ1) is 11.2. The molecule has 0 saturated carbocycles. The van der Waals surface area contributed by atoms with Crippen molar-refractivity contribution in [3.63, 3.8) is 0 Å². The van der Waals surface area contributed by atoms with Gasteiger partial charge in [0.15, 0.2) is 6.29 Å². The third-order valence-corrected chi connectivity index (χ3v) is 4.41. The van der Waals surface area contributed by atoms with E-state index in [1.54, 1.807) is 0 Å². The highest BCUT2D eigenvalue weighted by Gasteiger charge is 2.47. The summed E-state index contributed by atoms with van der Waals surface area (Å²) < 4.78 is 45.7. The van der Waals surface area contributed by atoms with Crippen LogP contribution in [-0.4, -0.2) is 72.2 Å². The maximum absolute atomic E-state index is 10.9. The highest BCUT2D eigenvalue weighted by Crippen LogP contribution is 2.26. The van der Waals surface area contributed by atoms with Crippen molar-refractivity contribution in [2.75, 3.05) is 13.2 Å². The van der Waals surface area contributed by atoms with Crippen molar-refractivity contribution in [3.05, 3.63) is 0 Å². The zero-order valence-corrected chi connectivity index (χ0v) is 14.8. The van der Waals surface area contributed by atoms with E-state index in [2.05, 4.69) is 4.18 Å². The molecule has 5 atom stereocenters. The second kappa shape index (κ2) is 9.97. The highest BCUT2D eigenvalue weighted by molar-refractivity contribution is 7.80. The fraction of sp³-hybridized carbons (Fsp3) is 1.00. The van der Waals surface area contributed by atoms with E-state index in [1.165, 1.54) is 0 Å². The molecule has 0 spiro atoms. The fourth-order valence-corrected chi connectivity index (χ4v) is 3.31. The lowest BCUT2D eigenvalue weighted by Gasteiger charge is -2.41. The molecule has 1 saturated heterocycles. The predicted molar refractivity (Wildman–Crippen MR) is 83.4 cm³/mol. The minimum absolute atomic E-state index is 0.246. The first-order valence-corrected chi connectivity index (χ1v) is 9.49. The number of rotatable bonds is 10. The van der Waals surface area contributed by atoms with Crippen LogP contribution in [0, 0.1) is 5.92 Å². The van der Waals surface area contributed by atoms with Crippen LogP contribution in [0.1, 0.15) is 39.5 Å². The van der Waals surface area contributed by atoms with Crippen LogP contribution in [-0.2, 0) is 24.1 Å². The van der Waals surface area contributed by atoms with Crippen molar-refractivity contribution in [1.82, 2.24) is 0 Å². The van der Waals surface area contributed by atoms with Gasteiger partial charge in [0.25, 0.3) is 0 Å². The van der Waals surface area contributed by atoms with E-state index in [1.807, 2.05) is 13.8 Å². The Morgan fingerprint density at radius 3 is 2.17 bits per heavy atom. The van der Waals surface area contributed by atoms with Crippen molar-refractivity contribution >= 4 is 10.4 Å². The van der Waals surface area contributed by atoms with Crippen LogP contribution in [0.2, 0.25) is 0 Å². The number of hydrogen-bond donors (Lipinski definition) is 4.